The summed E-state index contributed by atoms with van der Waals surface area (Å²) in [5, 5.41) is 0. The molecule has 0 radical (unpaired) electrons. The fraction of sp³-hybridized carbons (Fsp3) is 0.150. The van der Waals surface area contributed by atoms with Crippen LogP contribution in [-0.2, 0) is 18.5 Å². The lowest BCUT2D eigenvalue weighted by atomic mass is 9.95. The maximum atomic E-state index is 15.2. The van der Waals surface area contributed by atoms with Gasteiger partial charge in [0.15, 0.2) is 5.82 Å². The van der Waals surface area contributed by atoms with E-state index in [1.54, 1.807) is 0 Å². The molecule has 2 aromatic carbocycles. The first-order valence-electron chi connectivity index (χ1n) is 8.32. The molecule has 0 aliphatic carbocycles. The van der Waals surface area contributed by atoms with Crippen molar-refractivity contribution in [2.75, 3.05) is 0 Å². The maximum Gasteiger partial charge on any atom is 0.433 e. The molecular weight excluding hydrogens is 444 g/mol. The average Bonchev–Trinajstić information content (AvgIpc) is 2.66. The third-order valence-corrected chi connectivity index (χ3v) is 4.26. The predicted octanol–water partition coefficient (Wildman–Crippen LogP) is 7.61. The largest absolute Gasteiger partial charge is 0.433 e. The molecule has 0 amide bonds. The summed E-state index contributed by atoms with van der Waals surface area (Å²) in [4.78, 5) is 2.98. The molecular formula is C20H9F10N. The van der Waals surface area contributed by atoms with Crippen LogP contribution in [0.4, 0.5) is 43.9 Å². The molecule has 3 rings (SSSR count). The number of aromatic nitrogens is 1. The Bertz CT molecular complexity index is 1030. The molecule has 0 aliphatic rings. The van der Waals surface area contributed by atoms with Gasteiger partial charge in [0.1, 0.15) is 11.4 Å². The van der Waals surface area contributed by atoms with Gasteiger partial charge in [-0.25, -0.2) is 9.37 Å². The van der Waals surface area contributed by atoms with Crippen LogP contribution in [0, 0.1) is 5.82 Å². The highest BCUT2D eigenvalue weighted by molar-refractivity contribution is 5.76. The second-order valence-electron chi connectivity index (χ2n) is 6.30. The van der Waals surface area contributed by atoms with Gasteiger partial charge < -0.3 is 0 Å². The lowest BCUT2D eigenvalue weighted by Crippen LogP contribution is -2.14. The van der Waals surface area contributed by atoms with Gasteiger partial charge in [-0.1, -0.05) is 36.4 Å². The van der Waals surface area contributed by atoms with E-state index in [4.69, 9.17) is 0 Å². The average molecular weight is 453 g/mol. The van der Waals surface area contributed by atoms with E-state index < -0.39 is 63.6 Å². The predicted molar refractivity (Wildman–Crippen MR) is 90.1 cm³/mol. The van der Waals surface area contributed by atoms with E-state index in [0.29, 0.717) is 18.2 Å². The van der Waals surface area contributed by atoms with Gasteiger partial charge in [-0.2, -0.15) is 39.5 Å². The third kappa shape index (κ3) is 4.49. The number of nitrogens with zero attached hydrogens (tertiary/aromatic N) is 1. The summed E-state index contributed by atoms with van der Waals surface area (Å²) in [6.07, 6.45) is -15.4. The van der Waals surface area contributed by atoms with Crippen molar-refractivity contribution in [3.05, 3.63) is 77.2 Å². The van der Waals surface area contributed by atoms with Gasteiger partial charge in [0.05, 0.1) is 11.1 Å². The zero-order valence-corrected chi connectivity index (χ0v) is 14.9. The van der Waals surface area contributed by atoms with Gasteiger partial charge in [-0.3, -0.25) is 0 Å². The minimum Gasteiger partial charge on any atom is -0.240 e. The molecule has 1 aromatic heterocycles. The van der Waals surface area contributed by atoms with Crippen molar-refractivity contribution >= 4 is 0 Å². The van der Waals surface area contributed by atoms with E-state index in [-0.39, 0.29) is 6.07 Å². The zero-order valence-electron chi connectivity index (χ0n) is 14.9. The van der Waals surface area contributed by atoms with Gasteiger partial charge in [-0.05, 0) is 23.8 Å². The van der Waals surface area contributed by atoms with Crippen molar-refractivity contribution in [1.82, 2.24) is 4.98 Å². The van der Waals surface area contributed by atoms with E-state index in [0.717, 1.165) is 30.3 Å². The normalized spacial score (nSPS) is 12.8. The van der Waals surface area contributed by atoms with Gasteiger partial charge >= 0.3 is 18.5 Å². The molecule has 1 nitrogen and oxygen atoms in total. The van der Waals surface area contributed by atoms with Crippen molar-refractivity contribution in [2.45, 2.75) is 18.5 Å². The number of pyridine rings is 1. The molecule has 0 saturated heterocycles. The highest BCUT2D eigenvalue weighted by Crippen LogP contribution is 2.43. The molecule has 0 atom stereocenters. The Labute approximate surface area is 168 Å². The summed E-state index contributed by atoms with van der Waals surface area (Å²) in [5.74, 6) is -1.75. The standard InChI is InChI=1S/C20H9F10N/c21-16-12(10-5-1-3-7-13(10)18(22,23)24)9-15(20(28,29)30)31-17(16)11-6-2-4-8-14(11)19(25,26)27/h1-9H. The van der Waals surface area contributed by atoms with E-state index in [2.05, 4.69) is 4.98 Å². The fourth-order valence-electron chi connectivity index (χ4n) is 2.95. The fourth-order valence-corrected chi connectivity index (χ4v) is 2.95. The van der Waals surface area contributed by atoms with Crippen molar-refractivity contribution in [3.8, 4) is 22.4 Å². The molecule has 0 fully saturated rings. The van der Waals surface area contributed by atoms with Crippen LogP contribution in [0.25, 0.3) is 22.4 Å². The second kappa shape index (κ2) is 7.54. The molecule has 3 aromatic rings. The second-order valence-corrected chi connectivity index (χ2v) is 6.30. The maximum absolute atomic E-state index is 15.2. The quantitative estimate of drug-likeness (QED) is 0.364. The van der Waals surface area contributed by atoms with Crippen LogP contribution in [0.3, 0.4) is 0 Å². The van der Waals surface area contributed by atoms with Gasteiger partial charge in [0.25, 0.3) is 0 Å². The van der Waals surface area contributed by atoms with E-state index >= 15 is 4.39 Å². The molecule has 0 saturated carbocycles. The number of benzene rings is 2. The van der Waals surface area contributed by atoms with Gasteiger partial charge in [0.2, 0.25) is 0 Å². The van der Waals surface area contributed by atoms with Crippen LogP contribution < -0.4 is 0 Å². The van der Waals surface area contributed by atoms with Crippen LogP contribution >= 0.6 is 0 Å². The Balaban J connectivity index is 2.42. The third-order valence-electron chi connectivity index (χ3n) is 4.26. The van der Waals surface area contributed by atoms with Crippen LogP contribution in [-0.4, -0.2) is 4.98 Å². The monoisotopic (exact) mass is 453 g/mol. The molecule has 0 aliphatic heterocycles. The summed E-state index contributed by atoms with van der Waals surface area (Å²) in [7, 11) is 0. The summed E-state index contributed by atoms with van der Waals surface area (Å²) in [6, 6.07) is 6.38. The highest BCUT2D eigenvalue weighted by Gasteiger charge is 2.39. The van der Waals surface area contributed by atoms with Crippen molar-refractivity contribution in [1.29, 1.82) is 0 Å². The Morgan fingerprint density at radius 2 is 1.00 bits per heavy atom. The van der Waals surface area contributed by atoms with E-state index in [9.17, 15) is 39.5 Å². The lowest BCUT2D eigenvalue weighted by molar-refractivity contribution is -0.141. The van der Waals surface area contributed by atoms with Gasteiger partial charge in [-0.15, -0.1) is 0 Å². The SMILES string of the molecule is Fc1c(-c2ccccc2C(F)(F)F)cc(C(F)(F)F)nc1-c1ccccc1C(F)(F)F. The van der Waals surface area contributed by atoms with Gasteiger partial charge in [0, 0.05) is 11.1 Å². The molecule has 0 N–H and O–H groups in total. The first-order chi connectivity index (χ1) is 14.2. The number of rotatable bonds is 2. The number of hydrogen-bond donors (Lipinski definition) is 0. The molecule has 11 heteroatoms. The summed E-state index contributed by atoms with van der Waals surface area (Å²) < 4.78 is 135. The molecule has 0 bridgehead atoms. The molecule has 0 unspecified atom stereocenters. The first kappa shape index (κ1) is 22.6. The minimum atomic E-state index is -5.27. The molecule has 31 heavy (non-hydrogen) atoms. The number of halogens is 10. The lowest BCUT2D eigenvalue weighted by Gasteiger charge is -2.18. The highest BCUT2D eigenvalue weighted by atomic mass is 19.4. The molecule has 1 heterocycles. The first-order valence-corrected chi connectivity index (χ1v) is 8.32. The molecule has 0 spiro atoms. The number of hydrogen-bond acceptors (Lipinski definition) is 1. The Morgan fingerprint density at radius 1 is 0.548 bits per heavy atom. The van der Waals surface area contributed by atoms with Crippen LogP contribution in [0.5, 0.6) is 0 Å². The number of alkyl halides is 9. The van der Waals surface area contributed by atoms with E-state index in [1.807, 2.05) is 0 Å². The van der Waals surface area contributed by atoms with Crippen molar-refractivity contribution < 1.29 is 43.9 Å². The van der Waals surface area contributed by atoms with E-state index in [1.165, 1.54) is 0 Å². The summed E-state index contributed by atoms with van der Waals surface area (Å²) in [5.41, 5.74) is -9.33. The zero-order chi connectivity index (χ0) is 23.2. The smallest absolute Gasteiger partial charge is 0.240 e. The summed E-state index contributed by atoms with van der Waals surface area (Å²) in [6.45, 7) is 0. The Kier molecular flexibility index (Phi) is 5.49. The minimum absolute atomic E-state index is 0.0413. The Hall–Kier alpha value is -3.11. The Morgan fingerprint density at radius 3 is 1.48 bits per heavy atom. The van der Waals surface area contributed by atoms with Crippen LogP contribution in [0.1, 0.15) is 16.8 Å². The van der Waals surface area contributed by atoms with Crippen molar-refractivity contribution in [2.24, 2.45) is 0 Å². The topological polar surface area (TPSA) is 12.9 Å². The van der Waals surface area contributed by atoms with Crippen LogP contribution in [0.15, 0.2) is 54.6 Å². The van der Waals surface area contributed by atoms with Crippen LogP contribution in [0.2, 0.25) is 0 Å². The molecule has 164 valence electrons. The summed E-state index contributed by atoms with van der Waals surface area (Å²) >= 11 is 0. The van der Waals surface area contributed by atoms with Crippen molar-refractivity contribution in [3.63, 3.8) is 0 Å².